The molecule has 2 aliphatic carbocycles. The molecule has 3 aromatic carbocycles. The zero-order valence-electron chi connectivity index (χ0n) is 24.6. The minimum absolute atomic E-state index is 0.0630. The molecule has 6 heteroatoms. The number of carboxylic acids is 1. The Morgan fingerprint density at radius 3 is 2.02 bits per heavy atom. The molecule has 1 fully saturated rings. The summed E-state index contributed by atoms with van der Waals surface area (Å²) in [7, 11) is 3.35. The monoisotopic (exact) mass is 542 g/mol. The largest absolute Gasteiger partial charge is 0.497 e. The second-order valence-electron chi connectivity index (χ2n) is 12.4. The number of anilines is 4. The molecule has 0 radical (unpaired) electrons. The van der Waals surface area contributed by atoms with E-state index in [1.165, 1.54) is 16.7 Å². The molecule has 212 valence electrons. The molecular formula is C34H42N2O4. The molecule has 0 spiro atoms. The lowest BCUT2D eigenvalue weighted by atomic mass is 9.50. The van der Waals surface area contributed by atoms with Gasteiger partial charge in [0.15, 0.2) is 0 Å². The Morgan fingerprint density at radius 2 is 1.50 bits per heavy atom. The van der Waals surface area contributed by atoms with E-state index < -0.39 is 11.4 Å². The average molecular weight is 543 g/mol. The Bertz CT molecular complexity index is 1380. The minimum atomic E-state index is -0.736. The second-order valence-corrected chi connectivity index (χ2v) is 12.4. The fourth-order valence-electron chi connectivity index (χ4n) is 7.24. The van der Waals surface area contributed by atoms with Gasteiger partial charge in [0.1, 0.15) is 11.5 Å². The Hall–Kier alpha value is -3.67. The number of hydrogen-bond acceptors (Lipinski definition) is 5. The van der Waals surface area contributed by atoms with E-state index in [0.29, 0.717) is 0 Å². The smallest absolute Gasteiger partial charge is 0.309 e. The number of carboxylic acid groups (broad SMARTS) is 1. The van der Waals surface area contributed by atoms with Gasteiger partial charge in [-0.3, -0.25) is 4.79 Å². The number of carbonyl (C=O) groups is 1. The topological polar surface area (TPSA) is 79.8 Å². The molecule has 0 aliphatic heterocycles. The van der Waals surface area contributed by atoms with Gasteiger partial charge in [0.05, 0.1) is 19.6 Å². The number of nitrogens with one attached hydrogen (secondary N) is 2. The number of rotatable bonds is 8. The molecule has 40 heavy (non-hydrogen) atoms. The number of hydrogen-bond donors (Lipinski definition) is 3. The van der Waals surface area contributed by atoms with Gasteiger partial charge in [-0.05, 0) is 116 Å². The van der Waals surface area contributed by atoms with Gasteiger partial charge in [-0.2, -0.15) is 0 Å². The number of benzene rings is 3. The zero-order chi connectivity index (χ0) is 28.7. The predicted molar refractivity (Wildman–Crippen MR) is 162 cm³/mol. The summed E-state index contributed by atoms with van der Waals surface area (Å²) in [5, 5.41) is 17.9. The van der Waals surface area contributed by atoms with Crippen LogP contribution in [0.1, 0.15) is 69.6 Å². The zero-order valence-corrected chi connectivity index (χ0v) is 24.6. The molecule has 0 unspecified atom stereocenters. The first-order valence-electron chi connectivity index (χ1n) is 14.3. The highest BCUT2D eigenvalue weighted by atomic mass is 16.5. The van der Waals surface area contributed by atoms with Gasteiger partial charge in [0, 0.05) is 28.3 Å². The van der Waals surface area contributed by atoms with Crippen LogP contribution < -0.4 is 20.1 Å². The molecule has 0 heterocycles. The molecular weight excluding hydrogens is 500 g/mol. The third kappa shape index (κ3) is 5.00. The third-order valence-corrected chi connectivity index (χ3v) is 9.42. The third-order valence-electron chi connectivity index (χ3n) is 9.42. The first-order chi connectivity index (χ1) is 19.1. The Morgan fingerprint density at radius 1 is 0.925 bits per heavy atom. The Balaban J connectivity index is 1.67. The normalized spacial score (nSPS) is 23.6. The van der Waals surface area contributed by atoms with Crippen molar-refractivity contribution in [2.75, 3.05) is 24.9 Å². The predicted octanol–water partition coefficient (Wildman–Crippen LogP) is 8.31. The molecule has 6 nitrogen and oxygen atoms in total. The lowest BCUT2D eigenvalue weighted by Crippen LogP contribution is -2.51. The summed E-state index contributed by atoms with van der Waals surface area (Å²) >= 11 is 0. The van der Waals surface area contributed by atoms with E-state index >= 15 is 0 Å². The quantitative estimate of drug-likeness (QED) is 0.266. The maximum atomic E-state index is 12.7. The van der Waals surface area contributed by atoms with E-state index in [4.69, 9.17) is 9.47 Å². The van der Waals surface area contributed by atoms with Gasteiger partial charge in [-0.15, -0.1) is 0 Å². The molecule has 0 amide bonds. The molecule has 0 aromatic heterocycles. The minimum Gasteiger partial charge on any atom is -0.497 e. The van der Waals surface area contributed by atoms with Gasteiger partial charge >= 0.3 is 5.97 Å². The van der Waals surface area contributed by atoms with Crippen LogP contribution >= 0.6 is 0 Å². The van der Waals surface area contributed by atoms with Crippen LogP contribution in [-0.2, 0) is 17.6 Å². The van der Waals surface area contributed by atoms with Gasteiger partial charge in [0.25, 0.3) is 0 Å². The van der Waals surface area contributed by atoms with Crippen LogP contribution in [0.15, 0.2) is 54.6 Å². The Labute approximate surface area is 238 Å². The van der Waals surface area contributed by atoms with Crippen LogP contribution in [0, 0.1) is 16.7 Å². The van der Waals surface area contributed by atoms with Crippen LogP contribution in [0.4, 0.5) is 22.7 Å². The highest BCUT2D eigenvalue weighted by Gasteiger charge is 2.55. The molecule has 5 rings (SSSR count). The summed E-state index contributed by atoms with van der Waals surface area (Å²) in [4.78, 5) is 12.7. The summed E-state index contributed by atoms with van der Waals surface area (Å²) in [6.07, 6.45) is 4.34. The average Bonchev–Trinajstić information content (AvgIpc) is 2.92. The van der Waals surface area contributed by atoms with Crippen molar-refractivity contribution < 1.29 is 19.4 Å². The van der Waals surface area contributed by atoms with Crippen molar-refractivity contribution in [3.8, 4) is 11.5 Å². The lowest BCUT2D eigenvalue weighted by molar-refractivity contribution is -0.160. The summed E-state index contributed by atoms with van der Waals surface area (Å²) in [5.74, 6) is 1.24. The van der Waals surface area contributed by atoms with Crippen molar-refractivity contribution in [1.29, 1.82) is 0 Å². The standard InChI is InChI=1S/C34H42N2O4/c1-21(2)30-28(35-23-8-12-25(39-5)13-9-23)18-22-20-33(3)16-7-17-34(4,32(37)38)29(33)19-27(22)31(30)36-24-10-14-26(40-6)15-11-24/h8-15,18,21,29,35-36H,7,16-17,19-20H2,1-6H3,(H,37,38)/t29-,33-,34-/m1/s1. The maximum Gasteiger partial charge on any atom is 0.309 e. The molecule has 3 aromatic rings. The van der Waals surface area contributed by atoms with Crippen molar-refractivity contribution in [2.45, 2.75) is 65.7 Å². The summed E-state index contributed by atoms with van der Waals surface area (Å²) in [5.41, 5.74) is 7.08. The number of methoxy groups -OCH3 is 2. The molecule has 1 saturated carbocycles. The van der Waals surface area contributed by atoms with Crippen molar-refractivity contribution in [1.82, 2.24) is 0 Å². The maximum absolute atomic E-state index is 12.7. The van der Waals surface area contributed by atoms with E-state index in [1.54, 1.807) is 14.2 Å². The van der Waals surface area contributed by atoms with Crippen LogP contribution in [0.25, 0.3) is 0 Å². The number of aliphatic carboxylic acids is 1. The van der Waals surface area contributed by atoms with Gasteiger partial charge in [0.2, 0.25) is 0 Å². The van der Waals surface area contributed by atoms with Crippen LogP contribution in [-0.4, -0.2) is 25.3 Å². The number of ether oxygens (including phenoxy) is 2. The first kappa shape index (κ1) is 27.9. The molecule has 0 bridgehead atoms. The van der Waals surface area contributed by atoms with Crippen molar-refractivity contribution in [3.05, 3.63) is 71.3 Å². The van der Waals surface area contributed by atoms with Crippen molar-refractivity contribution in [3.63, 3.8) is 0 Å². The van der Waals surface area contributed by atoms with Crippen molar-refractivity contribution >= 4 is 28.7 Å². The molecule has 3 N–H and O–H groups in total. The van der Waals surface area contributed by atoms with Crippen LogP contribution in [0.5, 0.6) is 11.5 Å². The number of fused-ring (bicyclic) bond motifs is 2. The van der Waals surface area contributed by atoms with Gasteiger partial charge < -0.3 is 25.2 Å². The lowest BCUT2D eigenvalue weighted by Gasteiger charge is -2.53. The van der Waals surface area contributed by atoms with Gasteiger partial charge in [-0.25, -0.2) is 0 Å². The van der Waals surface area contributed by atoms with Gasteiger partial charge in [-0.1, -0.05) is 27.2 Å². The fourth-order valence-corrected chi connectivity index (χ4v) is 7.24. The van der Waals surface area contributed by atoms with Crippen LogP contribution in [0.2, 0.25) is 0 Å². The second kappa shape index (κ2) is 10.7. The molecule has 0 saturated heterocycles. The summed E-state index contributed by atoms with van der Waals surface area (Å²) < 4.78 is 10.8. The highest BCUT2D eigenvalue weighted by molar-refractivity contribution is 5.81. The Kier molecular flexibility index (Phi) is 7.47. The van der Waals surface area contributed by atoms with Crippen molar-refractivity contribution in [2.24, 2.45) is 16.7 Å². The highest BCUT2D eigenvalue weighted by Crippen LogP contribution is 2.58. The molecule has 2 aliphatic rings. The fraction of sp³-hybridized carbons (Fsp3) is 0.441. The van der Waals surface area contributed by atoms with E-state index in [9.17, 15) is 9.90 Å². The summed E-state index contributed by atoms with van der Waals surface area (Å²) in [6.45, 7) is 8.72. The van der Waals surface area contributed by atoms with E-state index in [0.717, 1.165) is 66.4 Å². The first-order valence-corrected chi connectivity index (χ1v) is 14.3. The van der Waals surface area contributed by atoms with E-state index in [1.807, 2.05) is 55.5 Å². The van der Waals surface area contributed by atoms with E-state index in [-0.39, 0.29) is 17.3 Å². The summed E-state index contributed by atoms with van der Waals surface area (Å²) in [6, 6.07) is 18.3. The van der Waals surface area contributed by atoms with Crippen LogP contribution in [0.3, 0.4) is 0 Å². The molecule has 3 atom stereocenters. The van der Waals surface area contributed by atoms with E-state index in [2.05, 4.69) is 37.5 Å². The SMILES string of the molecule is COc1ccc(Nc2cc3c(c(Nc4ccc(OC)cc4)c2C(C)C)C[C@@H]2[C@](C)(CCC[C@@]2(C)C(=O)O)C3)cc1.